The van der Waals surface area contributed by atoms with Gasteiger partial charge in [0.05, 0.1) is 17.1 Å². The Morgan fingerprint density at radius 2 is 1.87 bits per heavy atom. The summed E-state index contributed by atoms with van der Waals surface area (Å²) in [6.45, 7) is 4.35. The maximum Gasteiger partial charge on any atom is 0.248 e. The lowest BCUT2D eigenvalue weighted by Crippen LogP contribution is -2.16. The number of benzene rings is 3. The molecule has 0 spiro atoms. The second-order valence-electron chi connectivity index (χ2n) is 8.19. The van der Waals surface area contributed by atoms with Gasteiger partial charge in [0.1, 0.15) is 0 Å². The molecule has 150 valence electrons. The molecule has 0 aliphatic heterocycles. The number of fused-ring (bicyclic) bond motifs is 2. The molecule has 5 nitrogen and oxygen atoms in total. The first-order valence-corrected chi connectivity index (χ1v) is 10.2. The minimum absolute atomic E-state index is 0.165. The molecular formula is C25H24N4O. The summed E-state index contributed by atoms with van der Waals surface area (Å²) in [7, 11) is 0. The predicted molar refractivity (Wildman–Crippen MR) is 120 cm³/mol. The summed E-state index contributed by atoms with van der Waals surface area (Å²) in [5, 5.41) is 3.50. The Balaban J connectivity index is 1.70. The molecule has 1 amide bonds. The van der Waals surface area contributed by atoms with Gasteiger partial charge in [0, 0.05) is 11.3 Å². The molecule has 0 saturated heterocycles. The average Bonchev–Trinajstić information content (AvgIpc) is 3.24. The summed E-state index contributed by atoms with van der Waals surface area (Å²) in [5.74, 6) is 0.747. The van der Waals surface area contributed by atoms with Gasteiger partial charge < -0.3 is 15.6 Å². The van der Waals surface area contributed by atoms with Crippen LogP contribution < -0.4 is 11.1 Å². The van der Waals surface area contributed by atoms with Crippen molar-refractivity contribution >= 4 is 28.6 Å². The molecule has 0 bridgehead atoms. The van der Waals surface area contributed by atoms with E-state index in [4.69, 9.17) is 10.7 Å². The number of carbonyl (C=O) groups is 1. The van der Waals surface area contributed by atoms with Gasteiger partial charge in [0.25, 0.3) is 0 Å². The number of primary amides is 1. The number of hydrogen-bond acceptors (Lipinski definition) is 3. The Kier molecular flexibility index (Phi) is 4.31. The summed E-state index contributed by atoms with van der Waals surface area (Å²) < 4.78 is 2.27. The number of nitrogens with two attached hydrogens (primary N) is 1. The van der Waals surface area contributed by atoms with Crippen molar-refractivity contribution in [1.29, 1.82) is 0 Å². The third kappa shape index (κ3) is 3.03. The normalized spacial score (nSPS) is 17.8. The van der Waals surface area contributed by atoms with Gasteiger partial charge in [0.15, 0.2) is 0 Å². The van der Waals surface area contributed by atoms with Crippen molar-refractivity contribution < 1.29 is 4.79 Å². The zero-order chi connectivity index (χ0) is 20.8. The number of aryl methyl sites for hydroxylation is 1. The third-order valence-corrected chi connectivity index (χ3v) is 6.01. The molecule has 5 heteroatoms. The highest BCUT2D eigenvalue weighted by molar-refractivity contribution is 5.96. The van der Waals surface area contributed by atoms with Crippen LogP contribution in [0.1, 0.15) is 40.0 Å². The Morgan fingerprint density at radius 1 is 1.10 bits per heavy atom. The van der Waals surface area contributed by atoms with Crippen LogP contribution in [0, 0.1) is 12.8 Å². The van der Waals surface area contributed by atoms with Crippen molar-refractivity contribution in [3.05, 3.63) is 89.0 Å². The molecule has 3 N–H and O–H groups in total. The maximum atomic E-state index is 11.7. The third-order valence-electron chi connectivity index (χ3n) is 6.01. The lowest BCUT2D eigenvalue weighted by molar-refractivity contribution is 0.100. The van der Waals surface area contributed by atoms with Gasteiger partial charge in [-0.15, -0.1) is 0 Å². The van der Waals surface area contributed by atoms with E-state index in [0.29, 0.717) is 11.5 Å². The van der Waals surface area contributed by atoms with E-state index in [-0.39, 0.29) is 6.04 Å². The molecule has 1 aliphatic carbocycles. The largest absolute Gasteiger partial charge is 0.366 e. The zero-order valence-electron chi connectivity index (χ0n) is 17.1. The van der Waals surface area contributed by atoms with Crippen LogP contribution in [0.3, 0.4) is 0 Å². The minimum Gasteiger partial charge on any atom is -0.366 e. The molecule has 3 aromatic carbocycles. The number of amides is 1. The van der Waals surface area contributed by atoms with Gasteiger partial charge in [-0.2, -0.15) is 0 Å². The summed E-state index contributed by atoms with van der Waals surface area (Å²) in [6.07, 6.45) is 1.03. The molecule has 4 aromatic rings. The molecule has 1 heterocycles. The molecule has 0 radical (unpaired) electrons. The van der Waals surface area contributed by atoms with Crippen LogP contribution in [0.25, 0.3) is 11.0 Å². The summed E-state index contributed by atoms with van der Waals surface area (Å²) in [5.41, 5.74) is 12.6. The van der Waals surface area contributed by atoms with Gasteiger partial charge in [-0.3, -0.25) is 4.79 Å². The van der Waals surface area contributed by atoms with Gasteiger partial charge in [-0.1, -0.05) is 48.9 Å². The number of nitrogens with one attached hydrogen (secondary N) is 1. The van der Waals surface area contributed by atoms with E-state index in [2.05, 4.69) is 72.3 Å². The molecule has 0 unspecified atom stereocenters. The average molecular weight is 396 g/mol. The van der Waals surface area contributed by atoms with Crippen LogP contribution >= 0.6 is 0 Å². The fraction of sp³-hybridized carbons (Fsp3) is 0.200. The van der Waals surface area contributed by atoms with Gasteiger partial charge in [-0.25, -0.2) is 4.98 Å². The first kappa shape index (κ1) is 18.4. The van der Waals surface area contributed by atoms with E-state index in [1.165, 1.54) is 16.7 Å². The zero-order valence-corrected chi connectivity index (χ0v) is 17.1. The van der Waals surface area contributed by atoms with Crippen molar-refractivity contribution in [3.63, 3.8) is 0 Å². The molecular weight excluding hydrogens is 372 g/mol. The summed E-state index contributed by atoms with van der Waals surface area (Å²) >= 11 is 0. The molecule has 0 fully saturated rings. The second kappa shape index (κ2) is 7.02. The second-order valence-corrected chi connectivity index (χ2v) is 8.19. The van der Waals surface area contributed by atoms with Gasteiger partial charge in [-0.05, 0) is 60.7 Å². The molecule has 0 saturated carbocycles. The van der Waals surface area contributed by atoms with E-state index in [0.717, 1.165) is 29.1 Å². The quantitative estimate of drug-likeness (QED) is 0.512. The standard InChI is InChI=1S/C25H24N4O/c1-15-7-10-19(11-8-15)27-25-28-21-14-18(24(26)30)9-12-22(21)29(25)23-16(2)13-17-5-3-4-6-20(17)23/h3-12,14,16,23H,13H2,1-2H3,(H2,26,30)(H,27,28)/t16-,23-/m1/s1. The summed E-state index contributed by atoms with van der Waals surface area (Å²) in [6, 6.07) is 22.6. The van der Waals surface area contributed by atoms with Gasteiger partial charge >= 0.3 is 0 Å². The first-order chi connectivity index (χ1) is 14.5. The van der Waals surface area contributed by atoms with Crippen molar-refractivity contribution in [2.45, 2.75) is 26.3 Å². The Labute approximate surface area is 175 Å². The van der Waals surface area contributed by atoms with Crippen molar-refractivity contribution in [2.75, 3.05) is 5.32 Å². The molecule has 5 rings (SSSR count). The highest BCUT2D eigenvalue weighted by Crippen LogP contribution is 2.42. The van der Waals surface area contributed by atoms with E-state index in [1.807, 2.05) is 6.07 Å². The lowest BCUT2D eigenvalue weighted by atomic mass is 10.0. The van der Waals surface area contributed by atoms with Crippen LogP contribution in [-0.2, 0) is 6.42 Å². The van der Waals surface area contributed by atoms with E-state index in [1.54, 1.807) is 12.1 Å². The maximum absolute atomic E-state index is 11.7. The molecule has 1 aliphatic rings. The smallest absolute Gasteiger partial charge is 0.248 e. The Hall–Kier alpha value is -3.60. The van der Waals surface area contributed by atoms with Crippen LogP contribution in [-0.4, -0.2) is 15.5 Å². The first-order valence-electron chi connectivity index (χ1n) is 10.2. The minimum atomic E-state index is -0.445. The highest BCUT2D eigenvalue weighted by Gasteiger charge is 2.33. The fourth-order valence-electron chi connectivity index (χ4n) is 4.56. The van der Waals surface area contributed by atoms with Crippen LogP contribution in [0.2, 0.25) is 0 Å². The number of carbonyl (C=O) groups excluding carboxylic acids is 1. The van der Waals surface area contributed by atoms with Crippen molar-refractivity contribution in [2.24, 2.45) is 11.7 Å². The predicted octanol–water partition coefficient (Wildman–Crippen LogP) is 4.97. The van der Waals surface area contributed by atoms with Crippen LogP contribution in [0.4, 0.5) is 11.6 Å². The van der Waals surface area contributed by atoms with Crippen LogP contribution in [0.5, 0.6) is 0 Å². The Morgan fingerprint density at radius 3 is 2.63 bits per heavy atom. The van der Waals surface area contributed by atoms with Crippen LogP contribution in [0.15, 0.2) is 66.7 Å². The molecule has 1 aromatic heterocycles. The number of anilines is 2. The fourth-order valence-corrected chi connectivity index (χ4v) is 4.56. The topological polar surface area (TPSA) is 72.9 Å². The van der Waals surface area contributed by atoms with E-state index in [9.17, 15) is 4.79 Å². The van der Waals surface area contributed by atoms with Crippen molar-refractivity contribution in [1.82, 2.24) is 9.55 Å². The monoisotopic (exact) mass is 396 g/mol. The number of rotatable bonds is 4. The Bertz CT molecular complexity index is 1260. The molecule has 30 heavy (non-hydrogen) atoms. The van der Waals surface area contributed by atoms with E-state index >= 15 is 0 Å². The number of imidazole rings is 1. The van der Waals surface area contributed by atoms with E-state index < -0.39 is 5.91 Å². The lowest BCUT2D eigenvalue weighted by Gasteiger charge is -2.23. The SMILES string of the molecule is Cc1ccc(Nc2nc3cc(C(N)=O)ccc3n2[C@H]2c3ccccc3C[C@H]2C)cc1. The molecule has 2 atom stereocenters. The number of nitrogens with zero attached hydrogens (tertiary/aromatic N) is 2. The van der Waals surface area contributed by atoms with Crippen molar-refractivity contribution in [3.8, 4) is 0 Å². The highest BCUT2D eigenvalue weighted by atomic mass is 16.1. The number of aromatic nitrogens is 2. The van der Waals surface area contributed by atoms with Gasteiger partial charge in [0.2, 0.25) is 11.9 Å². The summed E-state index contributed by atoms with van der Waals surface area (Å²) in [4.78, 5) is 16.6. The number of hydrogen-bond donors (Lipinski definition) is 2.